The second-order valence-electron chi connectivity index (χ2n) is 10.1. The molecule has 0 spiro atoms. The Morgan fingerprint density at radius 3 is 2.63 bits per heavy atom. The number of fused-ring (bicyclic) bond motifs is 1. The van der Waals surface area contributed by atoms with Crippen molar-refractivity contribution in [3.8, 4) is 0 Å². The third-order valence-electron chi connectivity index (χ3n) is 6.65. The van der Waals surface area contributed by atoms with E-state index in [9.17, 15) is 9.59 Å². The van der Waals surface area contributed by atoms with Crippen LogP contribution in [0.5, 0.6) is 0 Å². The Bertz CT molecular complexity index is 1570. The van der Waals surface area contributed by atoms with Crippen LogP contribution in [0.25, 0.3) is 0 Å². The van der Waals surface area contributed by atoms with Gasteiger partial charge in [-0.05, 0) is 44.8 Å². The van der Waals surface area contributed by atoms with Gasteiger partial charge in [-0.1, -0.05) is 42.5 Å². The van der Waals surface area contributed by atoms with Crippen LogP contribution >= 0.6 is 0 Å². The lowest BCUT2D eigenvalue weighted by atomic mass is 10.0. The zero-order valence-corrected chi connectivity index (χ0v) is 23.5. The molecule has 3 amide bonds. The molecule has 5 rings (SSSR count). The van der Waals surface area contributed by atoms with E-state index in [1.807, 2.05) is 75.6 Å². The monoisotopic (exact) mass is 551 g/mol. The van der Waals surface area contributed by atoms with Crippen LogP contribution in [0.2, 0.25) is 0 Å². The number of aryl methyl sites for hydroxylation is 1. The molecule has 1 aliphatic rings. The summed E-state index contributed by atoms with van der Waals surface area (Å²) in [5.74, 6) is 0.566. The molecule has 1 unspecified atom stereocenters. The lowest BCUT2D eigenvalue weighted by Crippen LogP contribution is -2.46. The van der Waals surface area contributed by atoms with E-state index in [2.05, 4.69) is 20.7 Å². The van der Waals surface area contributed by atoms with Gasteiger partial charge in [0.25, 0.3) is 0 Å². The number of urea groups is 1. The van der Waals surface area contributed by atoms with Crippen molar-refractivity contribution < 1.29 is 9.59 Å². The molecule has 11 nitrogen and oxygen atoms in total. The fourth-order valence-corrected chi connectivity index (χ4v) is 4.57. The summed E-state index contributed by atoms with van der Waals surface area (Å²) in [6.45, 7) is 3.00. The molecule has 2 aromatic carbocycles. The number of nitrogens with one attached hydrogen (secondary N) is 2. The molecule has 4 aromatic rings. The molecule has 2 N–H and O–H groups in total. The first-order chi connectivity index (χ1) is 19.8. The summed E-state index contributed by atoms with van der Waals surface area (Å²) in [5.41, 5.74) is 3.68. The summed E-state index contributed by atoms with van der Waals surface area (Å²) in [4.78, 5) is 41.3. The van der Waals surface area contributed by atoms with Gasteiger partial charge in [-0.25, -0.2) is 14.7 Å². The number of hydrogen-bond donors (Lipinski definition) is 2. The Balaban J connectivity index is 1.50. The van der Waals surface area contributed by atoms with Crippen LogP contribution in [0, 0.1) is 0 Å². The number of nitrogens with zero attached hydrogens (tertiary/aromatic N) is 7. The third kappa shape index (κ3) is 6.42. The Morgan fingerprint density at radius 2 is 1.90 bits per heavy atom. The SMILES string of the molecule is CC(c1ccccc1)N1Cc2cnc(Nc3cnn(C)c3)nc2N(c2cccc(NC(=O)/C=C/CN(C)C)c2)C1=O. The van der Waals surface area contributed by atoms with Gasteiger partial charge in [-0.2, -0.15) is 10.1 Å². The van der Waals surface area contributed by atoms with Crippen molar-refractivity contribution in [3.05, 3.63) is 96.5 Å². The average Bonchev–Trinajstić information content (AvgIpc) is 3.37. The first-order valence-corrected chi connectivity index (χ1v) is 13.3. The minimum atomic E-state index is -0.251. The third-order valence-corrected chi connectivity index (χ3v) is 6.65. The molecule has 2 aromatic heterocycles. The van der Waals surface area contributed by atoms with Crippen LogP contribution in [0.15, 0.2) is 85.3 Å². The second-order valence-corrected chi connectivity index (χ2v) is 10.1. The lowest BCUT2D eigenvalue weighted by Gasteiger charge is -2.39. The van der Waals surface area contributed by atoms with Crippen LogP contribution in [0.3, 0.4) is 0 Å². The topological polar surface area (TPSA) is 112 Å². The predicted octanol–water partition coefficient (Wildman–Crippen LogP) is 4.84. The van der Waals surface area contributed by atoms with Crippen molar-refractivity contribution in [2.24, 2.45) is 7.05 Å². The highest BCUT2D eigenvalue weighted by Crippen LogP contribution is 2.38. The molecule has 3 heterocycles. The van der Waals surface area contributed by atoms with Gasteiger partial charge in [0.1, 0.15) is 0 Å². The van der Waals surface area contributed by atoms with Crippen LogP contribution in [-0.2, 0) is 18.4 Å². The molecule has 1 aliphatic heterocycles. The van der Waals surface area contributed by atoms with E-state index in [0.717, 1.165) is 16.8 Å². The maximum Gasteiger partial charge on any atom is 0.331 e. The Kier molecular flexibility index (Phi) is 8.06. The van der Waals surface area contributed by atoms with Gasteiger partial charge >= 0.3 is 6.03 Å². The number of rotatable bonds is 9. The number of amides is 3. The summed E-state index contributed by atoms with van der Waals surface area (Å²) in [6.07, 6.45) is 8.52. The highest BCUT2D eigenvalue weighted by molar-refractivity contribution is 6.03. The predicted molar refractivity (Wildman–Crippen MR) is 159 cm³/mol. The number of likely N-dealkylation sites (N-methyl/N-ethyl adjacent to an activating group) is 1. The van der Waals surface area contributed by atoms with Gasteiger partial charge in [0.15, 0.2) is 5.82 Å². The van der Waals surface area contributed by atoms with E-state index in [1.54, 1.807) is 51.2 Å². The Hall–Kier alpha value is -5.03. The molecule has 210 valence electrons. The molecule has 0 saturated carbocycles. The smallest absolute Gasteiger partial charge is 0.322 e. The van der Waals surface area contributed by atoms with Gasteiger partial charge in [0, 0.05) is 43.3 Å². The number of carbonyl (C=O) groups excluding carboxylic acids is 2. The molecule has 11 heteroatoms. The number of aromatic nitrogens is 4. The Labute approximate surface area is 239 Å². The highest BCUT2D eigenvalue weighted by atomic mass is 16.2. The number of anilines is 5. The summed E-state index contributed by atoms with van der Waals surface area (Å²) in [6, 6.07) is 16.7. The van der Waals surface area contributed by atoms with Crippen molar-refractivity contribution >= 4 is 40.8 Å². The van der Waals surface area contributed by atoms with Crippen LogP contribution < -0.4 is 15.5 Å². The van der Waals surface area contributed by atoms with E-state index in [1.165, 1.54) is 6.08 Å². The molecule has 0 bridgehead atoms. The van der Waals surface area contributed by atoms with E-state index in [4.69, 9.17) is 4.98 Å². The zero-order chi connectivity index (χ0) is 28.9. The van der Waals surface area contributed by atoms with Crippen molar-refractivity contribution in [1.82, 2.24) is 29.5 Å². The molecular formula is C30H33N9O2. The van der Waals surface area contributed by atoms with Crippen LogP contribution in [0.4, 0.5) is 33.6 Å². The minimum absolute atomic E-state index is 0.197. The molecule has 0 fully saturated rings. The summed E-state index contributed by atoms with van der Waals surface area (Å²) in [5, 5.41) is 10.2. The fourth-order valence-electron chi connectivity index (χ4n) is 4.57. The quantitative estimate of drug-likeness (QED) is 0.286. The van der Waals surface area contributed by atoms with Crippen molar-refractivity contribution in [2.75, 3.05) is 36.2 Å². The Morgan fingerprint density at radius 1 is 1.10 bits per heavy atom. The van der Waals surface area contributed by atoms with E-state index >= 15 is 0 Å². The fraction of sp³-hybridized carbons (Fsp3) is 0.233. The second kappa shape index (κ2) is 12.0. The van der Waals surface area contributed by atoms with Gasteiger partial charge in [-0.15, -0.1) is 0 Å². The summed E-state index contributed by atoms with van der Waals surface area (Å²) < 4.78 is 1.68. The average molecular weight is 552 g/mol. The van der Waals surface area contributed by atoms with Crippen molar-refractivity contribution in [1.29, 1.82) is 0 Å². The standard InChI is InChI=1S/C30H33N9O2/c1-21(22-10-6-5-7-11-22)38-19-23-17-31-29(34-25-18-32-37(4)20-25)35-28(23)39(30(38)41)26-13-8-12-24(16-26)33-27(40)14-9-15-36(2)3/h5-14,16-18,20-21H,15,19H2,1-4H3,(H,33,40)(H,31,34,35)/b14-9+. The first kappa shape index (κ1) is 27.5. The highest BCUT2D eigenvalue weighted by Gasteiger charge is 2.36. The van der Waals surface area contributed by atoms with E-state index in [0.29, 0.717) is 36.2 Å². The molecule has 0 radical (unpaired) electrons. The van der Waals surface area contributed by atoms with Crippen LogP contribution in [-0.4, -0.2) is 62.1 Å². The maximum absolute atomic E-state index is 14.2. The molecule has 0 aliphatic carbocycles. The molecular weight excluding hydrogens is 518 g/mol. The van der Waals surface area contributed by atoms with E-state index in [-0.39, 0.29) is 18.0 Å². The largest absolute Gasteiger partial charge is 0.331 e. The molecule has 0 saturated heterocycles. The number of benzene rings is 2. The number of carbonyl (C=O) groups is 2. The van der Waals surface area contributed by atoms with E-state index < -0.39 is 0 Å². The summed E-state index contributed by atoms with van der Waals surface area (Å²) in [7, 11) is 5.69. The van der Waals surface area contributed by atoms with Gasteiger partial charge < -0.3 is 20.4 Å². The normalized spacial score (nSPS) is 13.9. The minimum Gasteiger partial charge on any atom is -0.322 e. The molecule has 1 atom stereocenters. The van der Waals surface area contributed by atoms with Crippen LogP contribution in [0.1, 0.15) is 24.1 Å². The van der Waals surface area contributed by atoms with Crippen molar-refractivity contribution in [2.45, 2.75) is 19.5 Å². The maximum atomic E-state index is 14.2. The lowest BCUT2D eigenvalue weighted by molar-refractivity contribution is -0.111. The summed E-state index contributed by atoms with van der Waals surface area (Å²) >= 11 is 0. The number of hydrogen-bond acceptors (Lipinski definition) is 7. The zero-order valence-electron chi connectivity index (χ0n) is 23.5. The first-order valence-electron chi connectivity index (χ1n) is 13.3. The van der Waals surface area contributed by atoms with Gasteiger partial charge in [-0.3, -0.25) is 9.48 Å². The van der Waals surface area contributed by atoms with Gasteiger partial charge in [0.05, 0.1) is 30.2 Å². The van der Waals surface area contributed by atoms with Crippen molar-refractivity contribution in [3.63, 3.8) is 0 Å². The van der Waals surface area contributed by atoms with Gasteiger partial charge in [0.2, 0.25) is 11.9 Å². The molecule has 41 heavy (non-hydrogen) atoms.